The Labute approximate surface area is 117 Å². The van der Waals surface area contributed by atoms with Crippen LogP contribution in [0.2, 0.25) is 0 Å². The SMILES string of the molecule is CC(C)CCC(=O)N1CCc2sccc2C1C(=O)O. The second-order valence-electron chi connectivity index (χ2n) is 5.31. The van der Waals surface area contributed by atoms with Gasteiger partial charge in [0.25, 0.3) is 0 Å². The molecule has 0 aromatic carbocycles. The molecular formula is C14H19NO3S. The Hall–Kier alpha value is -1.36. The minimum atomic E-state index is -0.933. The van der Waals surface area contributed by atoms with Crippen LogP contribution in [0, 0.1) is 5.92 Å². The van der Waals surface area contributed by atoms with Crippen molar-refractivity contribution in [3.63, 3.8) is 0 Å². The molecule has 0 radical (unpaired) electrons. The Morgan fingerprint density at radius 1 is 1.53 bits per heavy atom. The molecule has 1 aliphatic heterocycles. The van der Waals surface area contributed by atoms with Gasteiger partial charge >= 0.3 is 5.97 Å². The van der Waals surface area contributed by atoms with Crippen molar-refractivity contribution < 1.29 is 14.7 Å². The van der Waals surface area contributed by atoms with Crippen LogP contribution in [0.15, 0.2) is 11.4 Å². The number of carbonyl (C=O) groups excluding carboxylic acids is 1. The minimum Gasteiger partial charge on any atom is -0.479 e. The Bertz CT molecular complexity index is 481. The van der Waals surface area contributed by atoms with Gasteiger partial charge in [-0.25, -0.2) is 4.79 Å². The number of hydrogen-bond donors (Lipinski definition) is 1. The molecule has 1 aromatic rings. The zero-order valence-corrected chi connectivity index (χ0v) is 12.1. The number of carboxylic acids is 1. The van der Waals surface area contributed by atoms with Crippen molar-refractivity contribution in [2.45, 2.75) is 39.2 Å². The third kappa shape index (κ3) is 2.97. The first-order valence-corrected chi connectivity index (χ1v) is 7.47. The average Bonchev–Trinajstić information content (AvgIpc) is 2.82. The van der Waals surface area contributed by atoms with E-state index in [1.54, 1.807) is 11.3 Å². The smallest absolute Gasteiger partial charge is 0.331 e. The second-order valence-corrected chi connectivity index (χ2v) is 6.31. The quantitative estimate of drug-likeness (QED) is 0.923. The monoisotopic (exact) mass is 281 g/mol. The standard InChI is InChI=1S/C14H19NO3S/c1-9(2)3-4-12(16)15-7-5-11-10(6-8-19-11)13(15)14(17)18/h6,8-9,13H,3-5,7H2,1-2H3,(H,17,18). The fraction of sp³-hybridized carbons (Fsp3) is 0.571. The van der Waals surface area contributed by atoms with Crippen LogP contribution in [0.3, 0.4) is 0 Å². The number of rotatable bonds is 4. The summed E-state index contributed by atoms with van der Waals surface area (Å²) in [6.45, 7) is 4.64. The zero-order chi connectivity index (χ0) is 14.0. The van der Waals surface area contributed by atoms with Gasteiger partial charge in [0, 0.05) is 17.8 Å². The van der Waals surface area contributed by atoms with E-state index in [0.29, 0.717) is 18.9 Å². The highest BCUT2D eigenvalue weighted by molar-refractivity contribution is 7.10. The van der Waals surface area contributed by atoms with Crippen LogP contribution < -0.4 is 0 Å². The van der Waals surface area contributed by atoms with Gasteiger partial charge in [-0.3, -0.25) is 4.79 Å². The molecule has 1 atom stereocenters. The van der Waals surface area contributed by atoms with Gasteiger partial charge in [-0.05, 0) is 35.8 Å². The maximum absolute atomic E-state index is 12.2. The molecule has 1 N–H and O–H groups in total. The molecule has 0 spiro atoms. The fourth-order valence-electron chi connectivity index (χ4n) is 2.41. The molecule has 0 saturated heterocycles. The van der Waals surface area contributed by atoms with Crippen LogP contribution in [0.25, 0.3) is 0 Å². The third-order valence-electron chi connectivity index (χ3n) is 3.46. The molecule has 104 valence electrons. The molecule has 4 nitrogen and oxygen atoms in total. The van der Waals surface area contributed by atoms with E-state index in [9.17, 15) is 14.7 Å². The van der Waals surface area contributed by atoms with E-state index >= 15 is 0 Å². The molecule has 0 saturated carbocycles. The van der Waals surface area contributed by atoms with Gasteiger partial charge < -0.3 is 10.0 Å². The molecule has 19 heavy (non-hydrogen) atoms. The number of nitrogens with zero attached hydrogens (tertiary/aromatic N) is 1. The van der Waals surface area contributed by atoms with E-state index in [-0.39, 0.29) is 5.91 Å². The van der Waals surface area contributed by atoms with E-state index in [1.165, 1.54) is 4.90 Å². The number of carboxylic acid groups (broad SMARTS) is 1. The summed E-state index contributed by atoms with van der Waals surface area (Å²) in [4.78, 5) is 26.3. The van der Waals surface area contributed by atoms with E-state index < -0.39 is 12.0 Å². The number of carbonyl (C=O) groups is 2. The van der Waals surface area contributed by atoms with Gasteiger partial charge in [-0.2, -0.15) is 0 Å². The van der Waals surface area contributed by atoms with Crippen molar-refractivity contribution in [1.29, 1.82) is 0 Å². The van der Waals surface area contributed by atoms with Crippen LogP contribution in [-0.4, -0.2) is 28.4 Å². The van der Waals surface area contributed by atoms with Crippen LogP contribution in [0.4, 0.5) is 0 Å². The van der Waals surface area contributed by atoms with E-state index in [1.807, 2.05) is 11.4 Å². The van der Waals surface area contributed by atoms with Gasteiger partial charge in [0.05, 0.1) is 0 Å². The Kier molecular flexibility index (Phi) is 4.24. The number of thiophene rings is 1. The second kappa shape index (κ2) is 5.74. The Balaban J connectivity index is 2.17. The van der Waals surface area contributed by atoms with Crippen molar-refractivity contribution in [2.24, 2.45) is 5.92 Å². The number of amides is 1. The topological polar surface area (TPSA) is 57.6 Å². The number of aliphatic carboxylic acids is 1. The number of fused-ring (bicyclic) bond motifs is 1. The van der Waals surface area contributed by atoms with E-state index in [2.05, 4.69) is 13.8 Å². The maximum Gasteiger partial charge on any atom is 0.331 e. The van der Waals surface area contributed by atoms with Gasteiger partial charge in [-0.15, -0.1) is 11.3 Å². The minimum absolute atomic E-state index is 0.0436. The predicted molar refractivity (Wildman–Crippen MR) is 74.2 cm³/mol. The normalized spacial score (nSPS) is 18.5. The van der Waals surface area contributed by atoms with E-state index in [4.69, 9.17) is 0 Å². The third-order valence-corrected chi connectivity index (χ3v) is 4.45. The summed E-state index contributed by atoms with van der Waals surface area (Å²) >= 11 is 1.58. The zero-order valence-electron chi connectivity index (χ0n) is 11.3. The summed E-state index contributed by atoms with van der Waals surface area (Å²) in [6, 6.07) is 1.04. The lowest BCUT2D eigenvalue weighted by molar-refractivity contribution is -0.151. The number of hydrogen-bond acceptors (Lipinski definition) is 3. The molecule has 2 heterocycles. The first-order chi connectivity index (χ1) is 9.00. The molecule has 0 aliphatic carbocycles. The lowest BCUT2D eigenvalue weighted by atomic mass is 9.98. The molecule has 1 aromatic heterocycles. The molecule has 0 fully saturated rings. The van der Waals surface area contributed by atoms with Gasteiger partial charge in [0.2, 0.25) is 5.91 Å². The molecule has 1 aliphatic rings. The summed E-state index contributed by atoms with van der Waals surface area (Å²) in [5.41, 5.74) is 0.793. The summed E-state index contributed by atoms with van der Waals surface area (Å²) in [6.07, 6.45) is 2.00. The lowest BCUT2D eigenvalue weighted by Gasteiger charge is -2.33. The largest absolute Gasteiger partial charge is 0.479 e. The van der Waals surface area contributed by atoms with Gasteiger partial charge in [0.15, 0.2) is 6.04 Å². The Morgan fingerprint density at radius 2 is 2.26 bits per heavy atom. The molecule has 2 rings (SSSR count). The molecular weight excluding hydrogens is 262 g/mol. The highest BCUT2D eigenvalue weighted by atomic mass is 32.1. The van der Waals surface area contributed by atoms with Crippen molar-refractivity contribution in [1.82, 2.24) is 4.90 Å². The molecule has 1 unspecified atom stereocenters. The van der Waals surface area contributed by atoms with Crippen molar-refractivity contribution in [2.75, 3.05) is 6.54 Å². The molecule has 1 amide bonds. The first kappa shape index (κ1) is 14.1. The van der Waals surface area contributed by atoms with Crippen LogP contribution in [0.5, 0.6) is 0 Å². The molecule has 0 bridgehead atoms. The molecule has 5 heteroatoms. The van der Waals surface area contributed by atoms with E-state index in [0.717, 1.165) is 23.3 Å². The Morgan fingerprint density at radius 3 is 2.89 bits per heavy atom. The van der Waals surface area contributed by atoms with Crippen molar-refractivity contribution in [3.05, 3.63) is 21.9 Å². The average molecular weight is 281 g/mol. The maximum atomic E-state index is 12.2. The van der Waals surface area contributed by atoms with Gasteiger partial charge in [0.1, 0.15) is 0 Å². The highest BCUT2D eigenvalue weighted by Gasteiger charge is 2.36. The predicted octanol–water partition coefficient (Wildman–Crippen LogP) is 2.69. The van der Waals surface area contributed by atoms with Crippen molar-refractivity contribution >= 4 is 23.2 Å². The van der Waals surface area contributed by atoms with Crippen LogP contribution in [-0.2, 0) is 16.0 Å². The van der Waals surface area contributed by atoms with Crippen molar-refractivity contribution in [3.8, 4) is 0 Å². The fourth-order valence-corrected chi connectivity index (χ4v) is 3.31. The summed E-state index contributed by atoms with van der Waals surface area (Å²) < 4.78 is 0. The van der Waals surface area contributed by atoms with Crippen LogP contribution >= 0.6 is 11.3 Å². The van der Waals surface area contributed by atoms with Gasteiger partial charge in [-0.1, -0.05) is 13.8 Å². The summed E-state index contributed by atoms with van der Waals surface area (Å²) in [5.74, 6) is -0.524. The lowest BCUT2D eigenvalue weighted by Crippen LogP contribution is -2.43. The summed E-state index contributed by atoms with van der Waals surface area (Å²) in [5, 5.41) is 11.3. The first-order valence-electron chi connectivity index (χ1n) is 6.59. The summed E-state index contributed by atoms with van der Waals surface area (Å²) in [7, 11) is 0. The highest BCUT2D eigenvalue weighted by Crippen LogP contribution is 2.34. The van der Waals surface area contributed by atoms with Crippen LogP contribution in [0.1, 0.15) is 43.2 Å².